The second-order valence-corrected chi connectivity index (χ2v) is 7.42. The SMILES string of the molecule is CC(=O)c1cn(C2CC2)c2c(ON)c(F)c(N3CCNC(C)C3)cc2c1=O. The van der Waals surface area contributed by atoms with Crippen molar-refractivity contribution in [2.45, 2.75) is 38.8 Å². The van der Waals surface area contributed by atoms with E-state index in [1.54, 1.807) is 10.6 Å². The number of nitrogens with one attached hydrogen (secondary N) is 1. The molecule has 1 unspecified atom stereocenters. The summed E-state index contributed by atoms with van der Waals surface area (Å²) < 4.78 is 17.1. The predicted molar refractivity (Wildman–Crippen MR) is 101 cm³/mol. The van der Waals surface area contributed by atoms with Gasteiger partial charge < -0.3 is 19.6 Å². The number of nitrogens with two attached hydrogens (primary N) is 1. The van der Waals surface area contributed by atoms with E-state index in [4.69, 9.17) is 10.7 Å². The second-order valence-electron chi connectivity index (χ2n) is 7.42. The summed E-state index contributed by atoms with van der Waals surface area (Å²) in [4.78, 5) is 31.8. The predicted octanol–water partition coefficient (Wildman–Crippen LogP) is 1.73. The monoisotopic (exact) mass is 374 g/mol. The van der Waals surface area contributed by atoms with Gasteiger partial charge in [0.1, 0.15) is 5.52 Å². The Kier molecular flexibility index (Phi) is 4.39. The van der Waals surface area contributed by atoms with E-state index in [1.807, 2.05) is 11.8 Å². The van der Waals surface area contributed by atoms with Gasteiger partial charge >= 0.3 is 0 Å². The van der Waals surface area contributed by atoms with Crippen molar-refractivity contribution in [3.63, 3.8) is 0 Å². The zero-order valence-electron chi connectivity index (χ0n) is 15.4. The van der Waals surface area contributed by atoms with Crippen LogP contribution in [-0.4, -0.2) is 36.0 Å². The van der Waals surface area contributed by atoms with Crippen LogP contribution < -0.4 is 26.4 Å². The molecule has 2 aliphatic rings. The van der Waals surface area contributed by atoms with Gasteiger partial charge in [-0.05, 0) is 32.8 Å². The number of anilines is 1. The van der Waals surface area contributed by atoms with Crippen molar-refractivity contribution >= 4 is 22.4 Å². The molecule has 0 spiro atoms. The quantitative estimate of drug-likeness (QED) is 0.626. The van der Waals surface area contributed by atoms with Crippen molar-refractivity contribution in [3.8, 4) is 5.75 Å². The number of hydrogen-bond donors (Lipinski definition) is 2. The number of pyridine rings is 1. The molecule has 1 saturated heterocycles. The molecular formula is C19H23FN4O3. The molecule has 1 aliphatic heterocycles. The lowest BCUT2D eigenvalue weighted by Gasteiger charge is -2.34. The molecular weight excluding hydrogens is 351 g/mol. The van der Waals surface area contributed by atoms with Crippen LogP contribution in [0.25, 0.3) is 10.9 Å². The molecule has 144 valence electrons. The fourth-order valence-electron chi connectivity index (χ4n) is 3.83. The molecule has 1 atom stereocenters. The normalized spacial score (nSPS) is 20.1. The maximum Gasteiger partial charge on any atom is 0.208 e. The molecule has 1 aromatic heterocycles. The van der Waals surface area contributed by atoms with Crippen molar-refractivity contribution in [1.29, 1.82) is 0 Å². The van der Waals surface area contributed by atoms with Gasteiger partial charge in [-0.3, -0.25) is 9.59 Å². The van der Waals surface area contributed by atoms with Gasteiger partial charge in [0.15, 0.2) is 17.0 Å². The van der Waals surface area contributed by atoms with Gasteiger partial charge in [-0.1, -0.05) is 0 Å². The molecule has 0 amide bonds. The van der Waals surface area contributed by atoms with Crippen LogP contribution in [0, 0.1) is 5.82 Å². The highest BCUT2D eigenvalue weighted by atomic mass is 19.1. The Morgan fingerprint density at radius 2 is 2.15 bits per heavy atom. The molecule has 3 N–H and O–H groups in total. The Morgan fingerprint density at radius 3 is 2.74 bits per heavy atom. The van der Waals surface area contributed by atoms with Crippen LogP contribution in [-0.2, 0) is 0 Å². The van der Waals surface area contributed by atoms with Crippen LogP contribution in [0.3, 0.4) is 0 Å². The first-order valence-corrected chi connectivity index (χ1v) is 9.19. The van der Waals surface area contributed by atoms with Crippen molar-refractivity contribution in [3.05, 3.63) is 33.9 Å². The largest absolute Gasteiger partial charge is 0.406 e. The summed E-state index contributed by atoms with van der Waals surface area (Å²) in [5, 5.41) is 3.57. The summed E-state index contributed by atoms with van der Waals surface area (Å²) in [6.07, 6.45) is 3.31. The van der Waals surface area contributed by atoms with Crippen molar-refractivity contribution < 1.29 is 14.0 Å². The molecule has 0 bridgehead atoms. The number of carbonyl (C=O) groups is 1. The number of carbonyl (C=O) groups excluding carboxylic acids is 1. The van der Waals surface area contributed by atoms with Gasteiger partial charge in [-0.2, -0.15) is 5.90 Å². The van der Waals surface area contributed by atoms with E-state index >= 15 is 4.39 Å². The van der Waals surface area contributed by atoms with Gasteiger partial charge in [0, 0.05) is 37.9 Å². The summed E-state index contributed by atoms with van der Waals surface area (Å²) in [7, 11) is 0. The molecule has 4 rings (SSSR count). The van der Waals surface area contributed by atoms with E-state index in [-0.39, 0.29) is 40.3 Å². The highest BCUT2D eigenvalue weighted by Gasteiger charge is 2.31. The Hall–Kier alpha value is -2.45. The molecule has 0 radical (unpaired) electrons. The lowest BCUT2D eigenvalue weighted by atomic mass is 10.1. The van der Waals surface area contributed by atoms with Gasteiger partial charge in [-0.15, -0.1) is 0 Å². The Bertz CT molecular complexity index is 983. The molecule has 1 saturated carbocycles. The Labute approximate surface area is 155 Å². The average Bonchev–Trinajstić information content (AvgIpc) is 3.46. The van der Waals surface area contributed by atoms with Crippen LogP contribution in [0.2, 0.25) is 0 Å². The molecule has 8 heteroatoms. The van der Waals surface area contributed by atoms with Gasteiger partial charge in [0.25, 0.3) is 0 Å². The summed E-state index contributed by atoms with van der Waals surface area (Å²) in [5.74, 6) is 4.39. The Morgan fingerprint density at radius 1 is 1.41 bits per heavy atom. The molecule has 2 heterocycles. The standard InChI is InChI=1S/C19H23FN4O3/c1-10-8-23(6-5-22-10)15-7-13-17(19(27-21)16(15)20)24(12-3-4-12)9-14(11(2)25)18(13)26/h7,9-10,12,22H,3-6,8,21H2,1-2H3. The number of hydrogen-bond acceptors (Lipinski definition) is 6. The van der Waals surface area contributed by atoms with Crippen molar-refractivity contribution in [2.24, 2.45) is 5.90 Å². The lowest BCUT2D eigenvalue weighted by molar-refractivity contribution is 0.101. The van der Waals surface area contributed by atoms with Crippen molar-refractivity contribution in [2.75, 3.05) is 24.5 Å². The minimum atomic E-state index is -0.580. The number of ketones is 1. The third-order valence-corrected chi connectivity index (χ3v) is 5.34. The maximum absolute atomic E-state index is 15.3. The van der Waals surface area contributed by atoms with Crippen LogP contribution in [0.4, 0.5) is 10.1 Å². The topological polar surface area (TPSA) is 89.6 Å². The smallest absolute Gasteiger partial charge is 0.208 e. The van der Waals surface area contributed by atoms with E-state index < -0.39 is 11.2 Å². The maximum atomic E-state index is 15.3. The summed E-state index contributed by atoms with van der Waals surface area (Å²) in [6, 6.07) is 1.84. The molecule has 1 aromatic carbocycles. The fourth-order valence-corrected chi connectivity index (χ4v) is 3.83. The summed E-state index contributed by atoms with van der Waals surface area (Å²) in [5.41, 5.74) is 0.275. The van der Waals surface area contributed by atoms with E-state index in [1.165, 1.54) is 13.1 Å². The molecule has 27 heavy (non-hydrogen) atoms. The number of piperazine rings is 1. The van der Waals surface area contributed by atoms with E-state index in [9.17, 15) is 9.59 Å². The molecule has 2 fully saturated rings. The second kappa shape index (κ2) is 6.61. The summed E-state index contributed by atoms with van der Waals surface area (Å²) >= 11 is 0. The highest BCUT2D eigenvalue weighted by Crippen LogP contribution is 2.42. The number of nitrogens with zero attached hydrogens (tertiary/aromatic N) is 2. The average molecular weight is 374 g/mol. The summed E-state index contributed by atoms with van der Waals surface area (Å²) in [6.45, 7) is 5.27. The number of aromatic nitrogens is 1. The number of rotatable bonds is 4. The molecule has 2 aromatic rings. The molecule has 1 aliphatic carbocycles. The number of fused-ring (bicyclic) bond motifs is 1. The third kappa shape index (κ3) is 2.98. The van der Waals surface area contributed by atoms with Gasteiger partial charge in [0.05, 0.1) is 16.6 Å². The first-order valence-electron chi connectivity index (χ1n) is 9.19. The molecule has 7 nitrogen and oxygen atoms in total. The number of Topliss-reactive ketones (excluding diaryl/α,β-unsaturated/α-hetero) is 1. The van der Waals surface area contributed by atoms with Gasteiger partial charge in [0.2, 0.25) is 5.75 Å². The van der Waals surface area contributed by atoms with Gasteiger partial charge in [-0.25, -0.2) is 4.39 Å². The number of halogens is 1. The first kappa shape index (κ1) is 17.9. The number of benzene rings is 1. The minimum absolute atomic E-state index is 0.101. The van der Waals surface area contributed by atoms with Crippen LogP contribution in [0.1, 0.15) is 43.1 Å². The first-order chi connectivity index (χ1) is 12.9. The third-order valence-electron chi connectivity index (χ3n) is 5.34. The van der Waals surface area contributed by atoms with Crippen molar-refractivity contribution in [1.82, 2.24) is 9.88 Å². The fraction of sp³-hybridized carbons (Fsp3) is 0.474. The minimum Gasteiger partial charge on any atom is -0.406 e. The zero-order valence-corrected chi connectivity index (χ0v) is 15.4. The zero-order chi connectivity index (χ0) is 19.3. The van der Waals surface area contributed by atoms with Crippen LogP contribution in [0.5, 0.6) is 5.75 Å². The van der Waals surface area contributed by atoms with Crippen LogP contribution >= 0.6 is 0 Å². The van der Waals surface area contributed by atoms with Crippen LogP contribution in [0.15, 0.2) is 17.1 Å². The lowest BCUT2D eigenvalue weighted by Crippen LogP contribution is -2.49. The van der Waals surface area contributed by atoms with E-state index in [0.29, 0.717) is 25.2 Å². The Balaban J connectivity index is 2.02. The van der Waals surface area contributed by atoms with E-state index in [2.05, 4.69) is 5.32 Å². The highest BCUT2D eigenvalue weighted by molar-refractivity contribution is 5.99. The van der Waals surface area contributed by atoms with E-state index in [0.717, 1.165) is 12.8 Å².